The van der Waals surface area contributed by atoms with Gasteiger partial charge >= 0.3 is 5.97 Å². The van der Waals surface area contributed by atoms with Crippen molar-refractivity contribution < 1.29 is 9.90 Å². The van der Waals surface area contributed by atoms with Crippen LogP contribution in [0.3, 0.4) is 0 Å². The highest BCUT2D eigenvalue weighted by Crippen LogP contribution is 2.15. The van der Waals surface area contributed by atoms with Crippen LogP contribution in [0.25, 0.3) is 0 Å². The molecule has 0 spiro atoms. The zero-order valence-corrected chi connectivity index (χ0v) is 11.2. The van der Waals surface area contributed by atoms with Crippen LogP contribution in [0, 0.1) is 0 Å². The molecule has 1 atom stereocenters. The average Bonchev–Trinajstić information content (AvgIpc) is 2.42. The summed E-state index contributed by atoms with van der Waals surface area (Å²) < 4.78 is 0. The van der Waals surface area contributed by atoms with Gasteiger partial charge in [0, 0.05) is 32.7 Å². The molecule has 1 aromatic carbocycles. The van der Waals surface area contributed by atoms with Crippen molar-refractivity contribution in [1.82, 2.24) is 15.3 Å². The van der Waals surface area contributed by atoms with Crippen molar-refractivity contribution in [3.63, 3.8) is 0 Å². The van der Waals surface area contributed by atoms with Crippen molar-refractivity contribution in [3.05, 3.63) is 35.9 Å². The lowest BCUT2D eigenvalue weighted by Crippen LogP contribution is -2.51. The second-order valence-electron chi connectivity index (χ2n) is 4.95. The average molecular weight is 263 g/mol. The van der Waals surface area contributed by atoms with Crippen molar-refractivity contribution in [3.8, 4) is 0 Å². The number of hydrogen-bond donors (Lipinski definition) is 2. The highest BCUT2D eigenvalue weighted by atomic mass is 16.4. The van der Waals surface area contributed by atoms with E-state index in [0.29, 0.717) is 6.54 Å². The SMILES string of the molecule is CN1CCN(NCC(C(=O)O)c2ccccc2)CC1. The first-order valence-electron chi connectivity index (χ1n) is 6.61. The summed E-state index contributed by atoms with van der Waals surface area (Å²) in [4.78, 5) is 13.6. The normalized spacial score (nSPS) is 19.2. The van der Waals surface area contributed by atoms with Gasteiger partial charge in [-0.3, -0.25) is 10.2 Å². The molecule has 5 nitrogen and oxygen atoms in total. The Labute approximate surface area is 113 Å². The highest BCUT2D eigenvalue weighted by Gasteiger charge is 2.21. The number of nitrogens with one attached hydrogen (secondary N) is 1. The van der Waals surface area contributed by atoms with E-state index in [-0.39, 0.29) is 0 Å². The standard InChI is InChI=1S/C14H21N3O2/c1-16-7-9-17(10-8-16)15-11-13(14(18)19)12-5-3-2-4-6-12/h2-6,13,15H,7-11H2,1H3,(H,18,19). The van der Waals surface area contributed by atoms with Gasteiger partial charge < -0.3 is 10.0 Å². The van der Waals surface area contributed by atoms with E-state index >= 15 is 0 Å². The molecule has 0 aliphatic carbocycles. The minimum atomic E-state index is -0.784. The Bertz CT molecular complexity index is 402. The molecule has 1 aliphatic heterocycles. The Morgan fingerprint density at radius 1 is 1.26 bits per heavy atom. The Morgan fingerprint density at radius 3 is 2.47 bits per heavy atom. The van der Waals surface area contributed by atoms with Crippen LogP contribution in [0.1, 0.15) is 11.5 Å². The summed E-state index contributed by atoms with van der Waals surface area (Å²) >= 11 is 0. The van der Waals surface area contributed by atoms with Crippen molar-refractivity contribution in [2.45, 2.75) is 5.92 Å². The Morgan fingerprint density at radius 2 is 1.89 bits per heavy atom. The lowest BCUT2D eigenvalue weighted by atomic mass is 10.00. The number of piperazine rings is 1. The molecule has 1 saturated heterocycles. The van der Waals surface area contributed by atoms with Crippen molar-refractivity contribution in [2.24, 2.45) is 0 Å². The molecule has 2 N–H and O–H groups in total. The molecule has 1 fully saturated rings. The van der Waals surface area contributed by atoms with E-state index in [2.05, 4.69) is 22.4 Å². The number of benzene rings is 1. The van der Waals surface area contributed by atoms with Gasteiger partial charge in [0.05, 0.1) is 5.92 Å². The van der Waals surface area contributed by atoms with Gasteiger partial charge in [-0.2, -0.15) is 0 Å². The molecular formula is C14H21N3O2. The van der Waals surface area contributed by atoms with Crippen LogP contribution in [0.4, 0.5) is 0 Å². The fourth-order valence-corrected chi connectivity index (χ4v) is 2.22. The summed E-state index contributed by atoms with van der Waals surface area (Å²) in [6.45, 7) is 4.31. The number of carboxylic acid groups (broad SMARTS) is 1. The quantitative estimate of drug-likeness (QED) is 0.815. The van der Waals surface area contributed by atoms with Crippen LogP contribution in [-0.4, -0.2) is 60.8 Å². The molecule has 1 unspecified atom stereocenters. The van der Waals surface area contributed by atoms with Crippen LogP contribution in [0.5, 0.6) is 0 Å². The topological polar surface area (TPSA) is 55.8 Å². The van der Waals surface area contributed by atoms with Crippen LogP contribution < -0.4 is 5.43 Å². The Balaban J connectivity index is 1.90. The molecular weight excluding hydrogens is 242 g/mol. The monoisotopic (exact) mass is 263 g/mol. The maximum Gasteiger partial charge on any atom is 0.312 e. The van der Waals surface area contributed by atoms with Gasteiger partial charge in [-0.1, -0.05) is 30.3 Å². The predicted octanol–water partition coefficient (Wildman–Crippen LogP) is 0.607. The van der Waals surface area contributed by atoms with Gasteiger partial charge in [-0.15, -0.1) is 0 Å². The van der Waals surface area contributed by atoms with Gasteiger partial charge in [0.2, 0.25) is 0 Å². The molecule has 1 aromatic rings. The minimum absolute atomic E-state index is 0.434. The molecule has 0 aromatic heterocycles. The third-order valence-corrected chi connectivity index (χ3v) is 3.52. The molecule has 0 amide bonds. The molecule has 0 radical (unpaired) electrons. The zero-order valence-electron chi connectivity index (χ0n) is 11.2. The number of hydrogen-bond acceptors (Lipinski definition) is 4. The first-order chi connectivity index (χ1) is 9.16. The van der Waals surface area contributed by atoms with E-state index in [1.807, 2.05) is 30.3 Å². The summed E-state index contributed by atoms with van der Waals surface area (Å²) in [6.07, 6.45) is 0. The summed E-state index contributed by atoms with van der Waals surface area (Å²) in [5, 5.41) is 11.4. The maximum absolute atomic E-state index is 11.4. The molecule has 2 rings (SSSR count). The van der Waals surface area contributed by atoms with E-state index in [4.69, 9.17) is 0 Å². The molecule has 0 bridgehead atoms. The number of hydrazine groups is 1. The number of carbonyl (C=O) groups is 1. The first-order valence-corrected chi connectivity index (χ1v) is 6.61. The number of likely N-dealkylation sites (N-methyl/N-ethyl adjacent to an activating group) is 1. The smallest absolute Gasteiger partial charge is 0.312 e. The molecule has 19 heavy (non-hydrogen) atoms. The van der Waals surface area contributed by atoms with Crippen LogP contribution in [0.15, 0.2) is 30.3 Å². The third kappa shape index (κ3) is 4.02. The van der Waals surface area contributed by atoms with E-state index in [9.17, 15) is 9.90 Å². The van der Waals surface area contributed by atoms with Gasteiger partial charge in [0.15, 0.2) is 0 Å². The Hall–Kier alpha value is -1.43. The van der Waals surface area contributed by atoms with Crippen molar-refractivity contribution in [2.75, 3.05) is 39.8 Å². The fourth-order valence-electron chi connectivity index (χ4n) is 2.22. The second-order valence-corrected chi connectivity index (χ2v) is 4.95. The first kappa shape index (κ1) is 14.0. The van der Waals surface area contributed by atoms with Gasteiger partial charge in [-0.25, -0.2) is 5.01 Å². The van der Waals surface area contributed by atoms with E-state index in [0.717, 1.165) is 31.7 Å². The lowest BCUT2D eigenvalue weighted by Gasteiger charge is -2.33. The molecule has 5 heteroatoms. The number of aliphatic carboxylic acids is 1. The second kappa shape index (κ2) is 6.65. The van der Waals surface area contributed by atoms with Gasteiger partial charge in [-0.05, 0) is 12.6 Å². The van der Waals surface area contributed by atoms with Crippen LogP contribution >= 0.6 is 0 Å². The van der Waals surface area contributed by atoms with E-state index in [1.165, 1.54) is 0 Å². The zero-order chi connectivity index (χ0) is 13.7. The van der Waals surface area contributed by atoms with Crippen LogP contribution in [-0.2, 0) is 4.79 Å². The maximum atomic E-state index is 11.4. The third-order valence-electron chi connectivity index (χ3n) is 3.52. The molecule has 104 valence electrons. The van der Waals surface area contributed by atoms with Crippen molar-refractivity contribution >= 4 is 5.97 Å². The lowest BCUT2D eigenvalue weighted by molar-refractivity contribution is -0.139. The fraction of sp³-hybridized carbons (Fsp3) is 0.500. The largest absolute Gasteiger partial charge is 0.481 e. The predicted molar refractivity (Wildman–Crippen MR) is 73.9 cm³/mol. The summed E-state index contributed by atoms with van der Waals surface area (Å²) in [5.41, 5.74) is 4.09. The highest BCUT2D eigenvalue weighted by molar-refractivity contribution is 5.76. The summed E-state index contributed by atoms with van der Waals surface area (Å²) in [7, 11) is 2.10. The van der Waals surface area contributed by atoms with Crippen LogP contribution in [0.2, 0.25) is 0 Å². The number of nitrogens with zero attached hydrogens (tertiary/aromatic N) is 2. The Kier molecular flexibility index (Phi) is 4.90. The summed E-state index contributed by atoms with van der Waals surface area (Å²) in [5.74, 6) is -1.28. The van der Waals surface area contributed by atoms with Gasteiger partial charge in [0.25, 0.3) is 0 Å². The van der Waals surface area contributed by atoms with Gasteiger partial charge in [0.1, 0.15) is 0 Å². The number of carboxylic acids is 1. The summed E-state index contributed by atoms with van der Waals surface area (Å²) in [6, 6.07) is 9.38. The molecule has 1 heterocycles. The van der Waals surface area contributed by atoms with Crippen molar-refractivity contribution in [1.29, 1.82) is 0 Å². The van der Waals surface area contributed by atoms with E-state index in [1.54, 1.807) is 0 Å². The molecule has 1 aliphatic rings. The minimum Gasteiger partial charge on any atom is -0.481 e. The molecule has 0 saturated carbocycles. The number of rotatable bonds is 5. The van der Waals surface area contributed by atoms with E-state index < -0.39 is 11.9 Å².